The number of hydrogen-bond acceptors (Lipinski definition) is 6. The molecule has 23 heavy (non-hydrogen) atoms. The predicted octanol–water partition coefficient (Wildman–Crippen LogP) is 3.53. The summed E-state index contributed by atoms with van der Waals surface area (Å²) in [7, 11) is 1.34. The van der Waals surface area contributed by atoms with E-state index in [0.717, 1.165) is 27.8 Å². The van der Waals surface area contributed by atoms with Gasteiger partial charge in [0.05, 0.1) is 17.6 Å². The van der Waals surface area contributed by atoms with E-state index >= 15 is 0 Å². The standard InChI is InChI=1S/C16H11NO4S2/c1-21-15(19)10-4-2-3-9(5-10)11-6-12(22-8-11)7-13-14(18)17-16(20)23-13/h2-8H,1H3,(H,17,18,20)/b13-7+. The number of carbonyl (C=O) groups excluding carboxylic acids is 3. The van der Waals surface area contributed by atoms with Crippen molar-refractivity contribution in [3.8, 4) is 11.1 Å². The third-order valence-electron chi connectivity index (χ3n) is 3.15. The van der Waals surface area contributed by atoms with Gasteiger partial charge in [-0.15, -0.1) is 11.3 Å². The van der Waals surface area contributed by atoms with Crippen molar-refractivity contribution >= 4 is 46.3 Å². The van der Waals surface area contributed by atoms with Gasteiger partial charge < -0.3 is 4.74 Å². The van der Waals surface area contributed by atoms with Crippen molar-refractivity contribution in [3.63, 3.8) is 0 Å². The van der Waals surface area contributed by atoms with Crippen molar-refractivity contribution < 1.29 is 19.1 Å². The number of ether oxygens (including phenoxy) is 1. The van der Waals surface area contributed by atoms with Gasteiger partial charge in [-0.25, -0.2) is 4.79 Å². The highest BCUT2D eigenvalue weighted by atomic mass is 32.2. The van der Waals surface area contributed by atoms with Crippen molar-refractivity contribution in [3.05, 3.63) is 51.1 Å². The molecule has 116 valence electrons. The van der Waals surface area contributed by atoms with Crippen molar-refractivity contribution in [2.75, 3.05) is 7.11 Å². The number of benzene rings is 1. The van der Waals surface area contributed by atoms with Gasteiger partial charge in [-0.1, -0.05) is 12.1 Å². The summed E-state index contributed by atoms with van der Waals surface area (Å²) < 4.78 is 4.72. The molecule has 1 aliphatic rings. The van der Waals surface area contributed by atoms with Gasteiger partial charge in [0.1, 0.15) is 0 Å². The Hall–Kier alpha value is -2.38. The summed E-state index contributed by atoms with van der Waals surface area (Å²) in [4.78, 5) is 35.5. The Bertz CT molecular complexity index is 838. The lowest BCUT2D eigenvalue weighted by molar-refractivity contribution is -0.115. The van der Waals surface area contributed by atoms with Crippen LogP contribution in [0.5, 0.6) is 0 Å². The molecule has 7 heteroatoms. The Balaban J connectivity index is 1.88. The van der Waals surface area contributed by atoms with Gasteiger partial charge in [0, 0.05) is 4.88 Å². The molecular formula is C16H11NO4S2. The van der Waals surface area contributed by atoms with Gasteiger partial charge >= 0.3 is 5.97 Å². The Morgan fingerprint density at radius 3 is 2.74 bits per heavy atom. The smallest absolute Gasteiger partial charge is 0.337 e. The first kappa shape index (κ1) is 15.5. The van der Waals surface area contributed by atoms with Crippen LogP contribution in [-0.4, -0.2) is 24.2 Å². The molecular weight excluding hydrogens is 334 g/mol. The van der Waals surface area contributed by atoms with E-state index in [0.29, 0.717) is 10.5 Å². The van der Waals surface area contributed by atoms with E-state index in [9.17, 15) is 14.4 Å². The molecule has 0 unspecified atom stereocenters. The van der Waals surface area contributed by atoms with Crippen LogP contribution in [0.3, 0.4) is 0 Å². The molecule has 2 aromatic rings. The van der Waals surface area contributed by atoms with Gasteiger partial charge in [0.15, 0.2) is 0 Å². The number of thiophene rings is 1. The zero-order valence-electron chi connectivity index (χ0n) is 12.0. The number of carbonyl (C=O) groups is 3. The summed E-state index contributed by atoms with van der Waals surface area (Å²) in [5, 5.41) is 3.80. The molecule has 1 fully saturated rings. The van der Waals surface area contributed by atoms with E-state index in [4.69, 9.17) is 4.74 Å². The summed E-state index contributed by atoms with van der Waals surface area (Å²) in [6, 6.07) is 9.04. The normalized spacial score (nSPS) is 15.8. The molecule has 1 saturated heterocycles. The van der Waals surface area contributed by atoms with Crippen molar-refractivity contribution in [1.29, 1.82) is 0 Å². The van der Waals surface area contributed by atoms with Crippen LogP contribution in [0.4, 0.5) is 4.79 Å². The molecule has 5 nitrogen and oxygen atoms in total. The van der Waals surface area contributed by atoms with E-state index in [1.165, 1.54) is 18.4 Å². The van der Waals surface area contributed by atoms with Gasteiger partial charge in [-0.05, 0) is 52.5 Å². The molecule has 0 bridgehead atoms. The largest absolute Gasteiger partial charge is 0.465 e. The van der Waals surface area contributed by atoms with Crippen molar-refractivity contribution in [1.82, 2.24) is 5.32 Å². The maximum absolute atomic E-state index is 11.6. The zero-order valence-corrected chi connectivity index (χ0v) is 13.6. The van der Waals surface area contributed by atoms with Gasteiger partial charge in [-0.3, -0.25) is 14.9 Å². The molecule has 3 rings (SSSR count). The SMILES string of the molecule is COC(=O)c1cccc(-c2csc(/C=C3/SC(=O)NC3=O)c2)c1. The fraction of sp³-hybridized carbons (Fsp3) is 0.0625. The highest BCUT2D eigenvalue weighted by molar-refractivity contribution is 8.18. The summed E-state index contributed by atoms with van der Waals surface area (Å²) in [6.45, 7) is 0. The van der Waals surface area contributed by atoms with Crippen LogP contribution < -0.4 is 5.32 Å². The van der Waals surface area contributed by atoms with Crippen molar-refractivity contribution in [2.24, 2.45) is 0 Å². The number of nitrogens with one attached hydrogen (secondary N) is 1. The number of esters is 1. The topological polar surface area (TPSA) is 72.5 Å². The highest BCUT2D eigenvalue weighted by Gasteiger charge is 2.25. The fourth-order valence-electron chi connectivity index (χ4n) is 2.07. The third kappa shape index (κ3) is 3.35. The van der Waals surface area contributed by atoms with Crippen LogP contribution in [0, 0.1) is 0 Å². The fourth-order valence-corrected chi connectivity index (χ4v) is 3.67. The van der Waals surface area contributed by atoms with Crippen LogP contribution in [0.25, 0.3) is 17.2 Å². The zero-order chi connectivity index (χ0) is 16.4. The second-order valence-corrected chi connectivity index (χ2v) is 6.62. The molecule has 0 saturated carbocycles. The minimum atomic E-state index is -0.387. The van der Waals surface area contributed by atoms with Crippen LogP contribution in [0.15, 0.2) is 40.6 Å². The number of rotatable bonds is 3. The number of methoxy groups -OCH3 is 1. The summed E-state index contributed by atoms with van der Waals surface area (Å²) in [5.74, 6) is -0.760. The Morgan fingerprint density at radius 1 is 1.22 bits per heavy atom. The van der Waals surface area contributed by atoms with E-state index in [-0.39, 0.29) is 17.1 Å². The average molecular weight is 345 g/mol. The summed E-state index contributed by atoms with van der Waals surface area (Å²) >= 11 is 2.35. The molecule has 0 spiro atoms. The number of imide groups is 1. The quantitative estimate of drug-likeness (QED) is 0.680. The number of thioether (sulfide) groups is 1. The minimum Gasteiger partial charge on any atom is -0.465 e. The molecule has 2 amide bonds. The molecule has 1 aromatic heterocycles. The third-order valence-corrected chi connectivity index (χ3v) is 4.84. The van der Waals surface area contributed by atoms with Crippen molar-refractivity contribution in [2.45, 2.75) is 0 Å². The van der Waals surface area contributed by atoms with Gasteiger partial charge in [0.25, 0.3) is 11.1 Å². The van der Waals surface area contributed by atoms with Gasteiger partial charge in [0.2, 0.25) is 0 Å². The lowest BCUT2D eigenvalue weighted by atomic mass is 10.1. The second kappa shape index (κ2) is 6.39. The molecule has 0 aliphatic carbocycles. The second-order valence-electron chi connectivity index (χ2n) is 4.66. The first-order chi connectivity index (χ1) is 11.1. The van der Waals surface area contributed by atoms with Crippen LogP contribution >= 0.6 is 23.1 Å². The number of hydrogen-bond donors (Lipinski definition) is 1. The molecule has 1 aliphatic heterocycles. The Kier molecular flexibility index (Phi) is 4.31. The maximum Gasteiger partial charge on any atom is 0.337 e. The molecule has 0 radical (unpaired) electrons. The lowest BCUT2D eigenvalue weighted by Crippen LogP contribution is -2.17. The lowest BCUT2D eigenvalue weighted by Gasteiger charge is -2.02. The monoisotopic (exact) mass is 345 g/mol. The van der Waals surface area contributed by atoms with Crippen LogP contribution in [0.2, 0.25) is 0 Å². The van der Waals surface area contributed by atoms with E-state index < -0.39 is 0 Å². The first-order valence-electron chi connectivity index (χ1n) is 6.59. The minimum absolute atomic E-state index is 0.358. The molecule has 0 atom stereocenters. The summed E-state index contributed by atoms with van der Waals surface area (Å²) in [5.41, 5.74) is 2.29. The highest BCUT2D eigenvalue weighted by Crippen LogP contribution is 2.31. The van der Waals surface area contributed by atoms with Crippen LogP contribution in [-0.2, 0) is 9.53 Å². The van der Waals surface area contributed by atoms with E-state index in [2.05, 4.69) is 5.32 Å². The number of amides is 2. The van der Waals surface area contributed by atoms with Crippen LogP contribution in [0.1, 0.15) is 15.2 Å². The Morgan fingerprint density at radius 2 is 2.04 bits per heavy atom. The van der Waals surface area contributed by atoms with E-state index in [1.54, 1.807) is 24.3 Å². The first-order valence-corrected chi connectivity index (χ1v) is 8.28. The summed E-state index contributed by atoms with van der Waals surface area (Å²) in [6.07, 6.45) is 1.68. The van der Waals surface area contributed by atoms with E-state index in [1.807, 2.05) is 17.5 Å². The predicted molar refractivity (Wildman–Crippen MR) is 90.2 cm³/mol. The molecule has 1 N–H and O–H groups in total. The maximum atomic E-state index is 11.6. The van der Waals surface area contributed by atoms with Gasteiger partial charge in [-0.2, -0.15) is 0 Å². The molecule has 1 aromatic carbocycles. The average Bonchev–Trinajstić information content (AvgIpc) is 3.14. The molecule has 2 heterocycles. The Labute approximate surface area is 140 Å².